The minimum absolute atomic E-state index is 0.497. The van der Waals surface area contributed by atoms with E-state index in [0.29, 0.717) is 11.8 Å². The van der Waals surface area contributed by atoms with Crippen LogP contribution in [0, 0.1) is 0 Å². The molecule has 0 aromatic carbocycles. The van der Waals surface area contributed by atoms with Crippen LogP contribution in [0.5, 0.6) is 0 Å². The fourth-order valence-electron chi connectivity index (χ4n) is 1.99. The van der Waals surface area contributed by atoms with Gasteiger partial charge in [-0.3, -0.25) is 0 Å². The van der Waals surface area contributed by atoms with E-state index in [4.69, 9.17) is 14.4 Å². The highest BCUT2D eigenvalue weighted by molar-refractivity contribution is 5.73. The predicted molar refractivity (Wildman–Crippen MR) is 64.8 cm³/mol. The van der Waals surface area contributed by atoms with Crippen molar-refractivity contribution in [2.45, 2.75) is 43.7 Å². The molecule has 2 fully saturated rings. The average molecular weight is 307 g/mol. The number of carbonyl (C=O) groups is 1. The highest BCUT2D eigenvalue weighted by Gasteiger charge is 2.38. The minimum atomic E-state index is -5.08. The molecule has 2 N–H and O–H groups in total. The molecule has 2 aliphatic rings. The van der Waals surface area contributed by atoms with Gasteiger partial charge in [0.1, 0.15) is 0 Å². The lowest BCUT2D eigenvalue weighted by molar-refractivity contribution is -0.192. The van der Waals surface area contributed by atoms with Gasteiger partial charge < -0.3 is 14.9 Å². The van der Waals surface area contributed by atoms with Gasteiger partial charge in [0.05, 0.1) is 0 Å². The number of carboxylic acids is 1. The van der Waals surface area contributed by atoms with Crippen LogP contribution in [0.2, 0.25) is 0 Å². The number of piperidine rings is 1. The first-order chi connectivity index (χ1) is 9.88. The van der Waals surface area contributed by atoms with Gasteiger partial charge in [0.15, 0.2) is 5.82 Å². The number of aliphatic carboxylic acids is 1. The molecule has 1 saturated carbocycles. The summed E-state index contributed by atoms with van der Waals surface area (Å²) in [6, 6.07) is 0. The number of hydrogen-bond acceptors (Lipinski definition) is 5. The SMILES string of the molecule is C1CC(c2nc(C3CC3)no2)CCN1.O=C(O)C(F)(F)F. The van der Waals surface area contributed by atoms with E-state index in [1.165, 1.54) is 12.8 Å². The molecule has 0 amide bonds. The Morgan fingerprint density at radius 1 is 1.19 bits per heavy atom. The first-order valence-electron chi connectivity index (χ1n) is 6.72. The van der Waals surface area contributed by atoms with Gasteiger partial charge in [-0.25, -0.2) is 4.79 Å². The van der Waals surface area contributed by atoms with Crippen molar-refractivity contribution in [3.05, 3.63) is 11.7 Å². The Labute approximate surface area is 118 Å². The van der Waals surface area contributed by atoms with E-state index in [9.17, 15) is 13.2 Å². The fraction of sp³-hybridized carbons (Fsp3) is 0.750. The molecule has 0 radical (unpaired) electrons. The van der Waals surface area contributed by atoms with Crippen molar-refractivity contribution >= 4 is 5.97 Å². The zero-order valence-corrected chi connectivity index (χ0v) is 11.2. The third-order valence-electron chi connectivity index (χ3n) is 3.33. The van der Waals surface area contributed by atoms with Crippen molar-refractivity contribution in [3.63, 3.8) is 0 Å². The highest BCUT2D eigenvalue weighted by Crippen LogP contribution is 2.39. The van der Waals surface area contributed by atoms with E-state index in [1.807, 2.05) is 0 Å². The van der Waals surface area contributed by atoms with Crippen LogP contribution in [-0.4, -0.2) is 40.5 Å². The second-order valence-corrected chi connectivity index (χ2v) is 5.09. The summed E-state index contributed by atoms with van der Waals surface area (Å²) >= 11 is 0. The standard InChI is InChI=1S/C10H15N3O.C2HF3O2/c1-2-7(1)9-12-10(14-13-9)8-3-5-11-6-4-8;3-2(4,5)1(6)7/h7-8,11H,1-6H2;(H,6,7). The molecule has 0 bridgehead atoms. The molecule has 2 heterocycles. The number of halogens is 3. The van der Waals surface area contributed by atoms with Crippen LogP contribution >= 0.6 is 0 Å². The van der Waals surface area contributed by atoms with E-state index >= 15 is 0 Å². The quantitative estimate of drug-likeness (QED) is 0.869. The number of nitrogens with zero attached hydrogens (tertiary/aromatic N) is 2. The van der Waals surface area contributed by atoms with Gasteiger partial charge in [-0.15, -0.1) is 0 Å². The first-order valence-corrected chi connectivity index (χ1v) is 6.72. The van der Waals surface area contributed by atoms with E-state index in [1.54, 1.807) is 0 Å². The predicted octanol–water partition coefficient (Wildman–Crippen LogP) is 2.05. The lowest BCUT2D eigenvalue weighted by Crippen LogP contribution is -2.26. The molecule has 1 saturated heterocycles. The van der Waals surface area contributed by atoms with Crippen molar-refractivity contribution in [1.82, 2.24) is 15.5 Å². The van der Waals surface area contributed by atoms with Crippen LogP contribution in [0.3, 0.4) is 0 Å². The summed E-state index contributed by atoms with van der Waals surface area (Å²) in [5.74, 6) is 0.157. The summed E-state index contributed by atoms with van der Waals surface area (Å²) in [6.07, 6.45) is -0.338. The molecule has 1 aliphatic heterocycles. The Morgan fingerprint density at radius 2 is 1.76 bits per heavy atom. The van der Waals surface area contributed by atoms with Crippen LogP contribution < -0.4 is 5.32 Å². The Kier molecular flexibility index (Phi) is 4.81. The van der Waals surface area contributed by atoms with Gasteiger partial charge in [-0.2, -0.15) is 18.2 Å². The van der Waals surface area contributed by atoms with Crippen LogP contribution in [0.1, 0.15) is 49.2 Å². The third kappa shape index (κ3) is 4.69. The van der Waals surface area contributed by atoms with Crippen LogP contribution in [0.25, 0.3) is 0 Å². The summed E-state index contributed by atoms with van der Waals surface area (Å²) in [5, 5.41) is 14.5. The summed E-state index contributed by atoms with van der Waals surface area (Å²) in [7, 11) is 0. The molecular formula is C12H16F3N3O3. The van der Waals surface area contributed by atoms with Gasteiger partial charge in [-0.1, -0.05) is 5.16 Å². The fourth-order valence-corrected chi connectivity index (χ4v) is 1.99. The summed E-state index contributed by atoms with van der Waals surface area (Å²) in [4.78, 5) is 13.4. The second-order valence-electron chi connectivity index (χ2n) is 5.09. The lowest BCUT2D eigenvalue weighted by atomic mass is 9.98. The number of hydrogen-bond donors (Lipinski definition) is 2. The summed E-state index contributed by atoms with van der Waals surface area (Å²) in [6.45, 7) is 2.15. The summed E-state index contributed by atoms with van der Waals surface area (Å²) < 4.78 is 37.1. The molecule has 118 valence electrons. The van der Waals surface area contributed by atoms with Crippen LogP contribution in [0.4, 0.5) is 13.2 Å². The van der Waals surface area contributed by atoms with Crippen molar-refractivity contribution in [3.8, 4) is 0 Å². The van der Waals surface area contributed by atoms with Crippen LogP contribution in [0.15, 0.2) is 4.52 Å². The maximum absolute atomic E-state index is 10.6. The molecule has 1 aromatic heterocycles. The van der Waals surface area contributed by atoms with Crippen LogP contribution in [-0.2, 0) is 4.79 Å². The first kappa shape index (κ1) is 15.7. The molecule has 0 atom stereocenters. The van der Waals surface area contributed by atoms with Gasteiger partial charge in [-0.05, 0) is 38.8 Å². The second kappa shape index (κ2) is 6.42. The Bertz CT molecular complexity index is 480. The van der Waals surface area contributed by atoms with Crippen molar-refractivity contribution in [2.24, 2.45) is 0 Å². The number of rotatable bonds is 2. The van der Waals surface area contributed by atoms with Crippen molar-refractivity contribution in [2.75, 3.05) is 13.1 Å². The zero-order chi connectivity index (χ0) is 15.5. The van der Waals surface area contributed by atoms with Gasteiger partial charge in [0.25, 0.3) is 0 Å². The molecular weight excluding hydrogens is 291 g/mol. The summed E-state index contributed by atoms with van der Waals surface area (Å²) in [5.41, 5.74) is 0. The molecule has 6 nitrogen and oxygen atoms in total. The molecule has 1 aliphatic carbocycles. The van der Waals surface area contributed by atoms with E-state index in [-0.39, 0.29) is 0 Å². The van der Waals surface area contributed by atoms with Gasteiger partial charge >= 0.3 is 12.1 Å². The largest absolute Gasteiger partial charge is 0.490 e. The molecule has 21 heavy (non-hydrogen) atoms. The highest BCUT2D eigenvalue weighted by atomic mass is 19.4. The molecule has 9 heteroatoms. The molecule has 3 rings (SSSR count). The average Bonchev–Trinajstić information content (AvgIpc) is 3.17. The monoisotopic (exact) mass is 307 g/mol. The minimum Gasteiger partial charge on any atom is -0.475 e. The topological polar surface area (TPSA) is 88.3 Å². The maximum atomic E-state index is 10.6. The number of aromatic nitrogens is 2. The van der Waals surface area contributed by atoms with Gasteiger partial charge in [0.2, 0.25) is 5.89 Å². The van der Waals surface area contributed by atoms with Gasteiger partial charge in [0, 0.05) is 11.8 Å². The molecule has 0 spiro atoms. The normalized spacial score (nSPS) is 19.8. The number of nitrogens with one attached hydrogen (secondary N) is 1. The zero-order valence-electron chi connectivity index (χ0n) is 11.2. The Hall–Kier alpha value is -1.64. The third-order valence-corrected chi connectivity index (χ3v) is 3.33. The number of carboxylic acid groups (broad SMARTS) is 1. The molecule has 1 aromatic rings. The van der Waals surface area contributed by atoms with E-state index in [0.717, 1.165) is 37.6 Å². The smallest absolute Gasteiger partial charge is 0.475 e. The maximum Gasteiger partial charge on any atom is 0.490 e. The number of alkyl halides is 3. The lowest BCUT2D eigenvalue weighted by Gasteiger charge is -2.18. The van der Waals surface area contributed by atoms with E-state index in [2.05, 4.69) is 15.5 Å². The Balaban J connectivity index is 0.000000199. The van der Waals surface area contributed by atoms with Crippen molar-refractivity contribution in [1.29, 1.82) is 0 Å². The van der Waals surface area contributed by atoms with Crippen molar-refractivity contribution < 1.29 is 27.6 Å². The molecule has 0 unspecified atom stereocenters. The van der Waals surface area contributed by atoms with E-state index < -0.39 is 12.1 Å². The Morgan fingerprint density at radius 3 is 2.24 bits per heavy atom.